The van der Waals surface area contributed by atoms with E-state index in [2.05, 4.69) is 51.7 Å². The Morgan fingerprint density at radius 1 is 1.24 bits per heavy atom. The Kier molecular flexibility index (Phi) is 4.70. The van der Waals surface area contributed by atoms with Crippen LogP contribution >= 0.6 is 15.9 Å². The molecule has 0 bridgehead atoms. The number of ether oxygens (including phenoxy) is 2. The number of rotatable bonds is 1. The average molecular weight is 356 g/mol. The molecule has 2 aromatic rings. The van der Waals surface area contributed by atoms with Crippen LogP contribution in [0.15, 0.2) is 17.0 Å². The lowest BCUT2D eigenvalue weighted by Crippen LogP contribution is -2.41. The van der Waals surface area contributed by atoms with E-state index in [1.54, 1.807) is 6.20 Å². The molecular weight excluding hydrogens is 334 g/mol. The van der Waals surface area contributed by atoms with Gasteiger partial charge in [0, 0.05) is 11.6 Å². The molecule has 1 aliphatic rings. The van der Waals surface area contributed by atoms with Crippen molar-refractivity contribution in [3.63, 3.8) is 0 Å². The summed E-state index contributed by atoms with van der Waals surface area (Å²) in [6.45, 7) is 11.5. The highest BCUT2D eigenvalue weighted by molar-refractivity contribution is 9.10. The molecule has 0 spiro atoms. The van der Waals surface area contributed by atoms with Crippen molar-refractivity contribution in [2.75, 3.05) is 13.2 Å². The van der Waals surface area contributed by atoms with E-state index in [0.717, 1.165) is 16.7 Å². The summed E-state index contributed by atoms with van der Waals surface area (Å²) < 4.78 is 12.6. The van der Waals surface area contributed by atoms with E-state index < -0.39 is 5.79 Å². The molecule has 3 heterocycles. The fourth-order valence-electron chi connectivity index (χ4n) is 2.53. The molecule has 2 aromatic heterocycles. The molecule has 0 atom stereocenters. The van der Waals surface area contributed by atoms with Crippen molar-refractivity contribution in [3.8, 4) is 0 Å². The summed E-state index contributed by atoms with van der Waals surface area (Å²) in [6, 6.07) is 0. The van der Waals surface area contributed by atoms with Gasteiger partial charge >= 0.3 is 0 Å². The van der Waals surface area contributed by atoms with Crippen molar-refractivity contribution in [1.82, 2.24) is 15.0 Å². The monoisotopic (exact) mass is 355 g/mol. The molecule has 3 rings (SSSR count). The van der Waals surface area contributed by atoms with E-state index in [0.29, 0.717) is 17.8 Å². The molecule has 1 fully saturated rings. The minimum atomic E-state index is -0.777. The maximum absolute atomic E-state index is 5.97. The maximum atomic E-state index is 5.97. The van der Waals surface area contributed by atoms with Crippen molar-refractivity contribution < 1.29 is 9.47 Å². The molecule has 0 unspecified atom stereocenters. The summed E-state index contributed by atoms with van der Waals surface area (Å²) in [5, 5.41) is 0. The SMILES string of the molecule is CC.CC(C)(C)C1(c2c[nH]c3ncc(Br)nc23)OCCO1. The fraction of sp³-hybridized carbons (Fsp3) is 0.600. The highest BCUT2D eigenvalue weighted by Crippen LogP contribution is 2.47. The predicted molar refractivity (Wildman–Crippen MR) is 86.0 cm³/mol. The van der Waals surface area contributed by atoms with E-state index in [4.69, 9.17) is 9.47 Å². The summed E-state index contributed by atoms with van der Waals surface area (Å²) in [7, 11) is 0. The summed E-state index contributed by atoms with van der Waals surface area (Å²) in [5.74, 6) is -0.777. The van der Waals surface area contributed by atoms with Crippen LogP contribution in [-0.4, -0.2) is 28.2 Å². The van der Waals surface area contributed by atoms with E-state index in [1.807, 2.05) is 20.0 Å². The van der Waals surface area contributed by atoms with Crippen LogP contribution in [-0.2, 0) is 15.3 Å². The van der Waals surface area contributed by atoms with Crippen molar-refractivity contribution >= 4 is 27.1 Å². The first-order valence-electron chi connectivity index (χ1n) is 7.22. The van der Waals surface area contributed by atoms with Crippen LogP contribution in [0, 0.1) is 5.41 Å². The number of fused-ring (bicyclic) bond motifs is 1. The van der Waals surface area contributed by atoms with Crippen LogP contribution in [0.25, 0.3) is 11.2 Å². The topological polar surface area (TPSA) is 60.0 Å². The van der Waals surface area contributed by atoms with Crippen molar-refractivity contribution in [3.05, 3.63) is 22.6 Å². The number of nitrogens with one attached hydrogen (secondary N) is 1. The Morgan fingerprint density at radius 2 is 1.86 bits per heavy atom. The smallest absolute Gasteiger partial charge is 0.203 e. The predicted octanol–water partition coefficient (Wildman–Crippen LogP) is 3.99. The number of hydrogen-bond donors (Lipinski definition) is 1. The summed E-state index contributed by atoms with van der Waals surface area (Å²) >= 11 is 3.36. The molecule has 5 nitrogen and oxygen atoms in total. The molecule has 0 amide bonds. The second kappa shape index (κ2) is 6.02. The molecule has 1 N–H and O–H groups in total. The van der Waals surface area contributed by atoms with Gasteiger partial charge in [-0.3, -0.25) is 0 Å². The molecule has 1 saturated heterocycles. The summed E-state index contributed by atoms with van der Waals surface area (Å²) in [6.07, 6.45) is 3.55. The zero-order valence-electron chi connectivity index (χ0n) is 13.2. The summed E-state index contributed by atoms with van der Waals surface area (Å²) in [5.41, 5.74) is 2.22. The first-order valence-corrected chi connectivity index (χ1v) is 8.01. The highest BCUT2D eigenvalue weighted by Gasteiger charge is 2.50. The molecular formula is C15H22BrN3O2. The zero-order valence-corrected chi connectivity index (χ0v) is 14.7. The van der Waals surface area contributed by atoms with Crippen LogP contribution in [0.5, 0.6) is 0 Å². The van der Waals surface area contributed by atoms with E-state index in [-0.39, 0.29) is 5.41 Å². The Morgan fingerprint density at radius 3 is 2.43 bits per heavy atom. The van der Waals surface area contributed by atoms with Gasteiger partial charge in [-0.25, -0.2) is 9.97 Å². The standard InChI is InChI=1S/C13H16BrN3O2.C2H6/c1-12(2,3)13(18-4-5-19-13)8-6-15-11-10(8)17-9(14)7-16-11;1-2/h6-7H,4-5H2,1-3H3,(H,15,16);1-2H3. The van der Waals surface area contributed by atoms with E-state index >= 15 is 0 Å². The van der Waals surface area contributed by atoms with Gasteiger partial charge in [0.25, 0.3) is 0 Å². The molecule has 0 radical (unpaired) electrons. The summed E-state index contributed by atoms with van der Waals surface area (Å²) in [4.78, 5) is 11.9. The fourth-order valence-corrected chi connectivity index (χ4v) is 2.81. The lowest BCUT2D eigenvalue weighted by molar-refractivity contribution is -0.231. The number of nitrogens with zero attached hydrogens (tertiary/aromatic N) is 2. The Bertz CT molecular complexity index is 613. The molecule has 0 saturated carbocycles. The lowest BCUT2D eigenvalue weighted by Gasteiger charge is -2.39. The van der Waals surface area contributed by atoms with E-state index in [9.17, 15) is 0 Å². The van der Waals surface area contributed by atoms with Gasteiger partial charge in [0.2, 0.25) is 5.79 Å². The second-order valence-corrected chi connectivity index (χ2v) is 6.47. The lowest BCUT2D eigenvalue weighted by atomic mass is 9.81. The largest absolute Gasteiger partial charge is 0.344 e. The average Bonchev–Trinajstić information content (AvgIpc) is 3.06. The van der Waals surface area contributed by atoms with Gasteiger partial charge in [-0.05, 0) is 15.9 Å². The Labute approximate surface area is 133 Å². The maximum Gasteiger partial charge on any atom is 0.203 e. The van der Waals surface area contributed by atoms with Gasteiger partial charge in [-0.2, -0.15) is 0 Å². The third-order valence-corrected chi connectivity index (χ3v) is 3.77. The first-order chi connectivity index (χ1) is 9.94. The molecule has 21 heavy (non-hydrogen) atoms. The first kappa shape index (κ1) is 16.4. The molecule has 1 aliphatic heterocycles. The minimum Gasteiger partial charge on any atom is -0.344 e. The number of aromatic amines is 1. The van der Waals surface area contributed by atoms with Gasteiger partial charge in [-0.1, -0.05) is 34.6 Å². The minimum absolute atomic E-state index is 0.206. The van der Waals surface area contributed by atoms with Crippen molar-refractivity contribution in [2.45, 2.75) is 40.4 Å². The second-order valence-electron chi connectivity index (χ2n) is 5.66. The van der Waals surface area contributed by atoms with Gasteiger partial charge in [-0.15, -0.1) is 0 Å². The zero-order chi connectivity index (χ0) is 15.7. The Hall–Kier alpha value is -0.980. The van der Waals surface area contributed by atoms with Gasteiger partial charge < -0.3 is 14.5 Å². The van der Waals surface area contributed by atoms with Crippen LogP contribution in [0.1, 0.15) is 40.2 Å². The number of aromatic nitrogens is 3. The number of H-pyrrole nitrogens is 1. The van der Waals surface area contributed by atoms with Gasteiger partial charge in [0.1, 0.15) is 10.1 Å². The van der Waals surface area contributed by atoms with Gasteiger partial charge in [0.15, 0.2) is 5.65 Å². The van der Waals surface area contributed by atoms with Crippen molar-refractivity contribution in [1.29, 1.82) is 0 Å². The number of halogens is 1. The molecule has 0 aliphatic carbocycles. The highest BCUT2D eigenvalue weighted by atomic mass is 79.9. The number of hydrogen-bond acceptors (Lipinski definition) is 4. The molecule has 6 heteroatoms. The van der Waals surface area contributed by atoms with Crippen molar-refractivity contribution in [2.24, 2.45) is 5.41 Å². The third kappa shape index (κ3) is 2.72. The molecule has 116 valence electrons. The van der Waals surface area contributed by atoms with Crippen LogP contribution in [0.2, 0.25) is 0 Å². The Balaban J connectivity index is 0.000000774. The van der Waals surface area contributed by atoms with Crippen LogP contribution < -0.4 is 0 Å². The van der Waals surface area contributed by atoms with E-state index in [1.165, 1.54) is 0 Å². The molecule has 0 aromatic carbocycles. The third-order valence-electron chi connectivity index (χ3n) is 3.39. The normalized spacial score (nSPS) is 17.6. The van der Waals surface area contributed by atoms with Crippen LogP contribution in [0.3, 0.4) is 0 Å². The van der Waals surface area contributed by atoms with Crippen LogP contribution in [0.4, 0.5) is 0 Å². The quantitative estimate of drug-likeness (QED) is 0.839. The van der Waals surface area contributed by atoms with Gasteiger partial charge in [0.05, 0.1) is 25.0 Å².